The Morgan fingerprint density at radius 2 is 1.79 bits per heavy atom. The van der Waals surface area contributed by atoms with Crippen LogP contribution in [0.4, 0.5) is 0 Å². The van der Waals surface area contributed by atoms with Gasteiger partial charge in [-0.25, -0.2) is 0 Å². The van der Waals surface area contributed by atoms with Crippen LogP contribution in [0.2, 0.25) is 0 Å². The van der Waals surface area contributed by atoms with Crippen LogP contribution in [-0.4, -0.2) is 50.1 Å². The second kappa shape index (κ2) is 12.5. The highest BCUT2D eigenvalue weighted by atomic mass is 16.6. The van der Waals surface area contributed by atoms with E-state index < -0.39 is 5.97 Å². The molecule has 0 bridgehead atoms. The van der Waals surface area contributed by atoms with Gasteiger partial charge in [-0.2, -0.15) is 0 Å². The summed E-state index contributed by atoms with van der Waals surface area (Å²) in [4.78, 5) is 22.1. The molecular weight excluding hydrogens is 312 g/mol. The highest BCUT2D eigenvalue weighted by Crippen LogP contribution is 2.08. The number of hydrogen-bond donors (Lipinski definition) is 1. The summed E-state index contributed by atoms with van der Waals surface area (Å²) in [5, 5.41) is 8.55. The van der Waals surface area contributed by atoms with Crippen LogP contribution in [0.3, 0.4) is 0 Å². The number of esters is 1. The normalized spacial score (nSPS) is 11.9. The van der Waals surface area contributed by atoms with Gasteiger partial charge >= 0.3 is 11.9 Å². The standard InChI is InChI=1S/C18H26O6/c1-22-11-12-23-16(13-15-7-3-2-4-8-15)14-24-18(21)10-6-5-9-17(19)20/h2-4,7-8,16H,5-6,9-14H2,1H3,(H,19,20). The summed E-state index contributed by atoms with van der Waals surface area (Å²) < 4.78 is 15.9. The minimum absolute atomic E-state index is 0.0735. The summed E-state index contributed by atoms with van der Waals surface area (Å²) in [6.45, 7) is 1.09. The lowest BCUT2D eigenvalue weighted by molar-refractivity contribution is -0.148. The van der Waals surface area contributed by atoms with Crippen molar-refractivity contribution in [3.63, 3.8) is 0 Å². The van der Waals surface area contributed by atoms with Crippen LogP contribution in [0.25, 0.3) is 0 Å². The van der Waals surface area contributed by atoms with E-state index in [9.17, 15) is 9.59 Å². The third kappa shape index (κ3) is 9.97. The Kier molecular flexibility index (Phi) is 10.5. The predicted octanol–water partition coefficient (Wildman–Crippen LogP) is 2.45. The van der Waals surface area contributed by atoms with E-state index in [1.165, 1.54) is 0 Å². The minimum atomic E-state index is -0.849. The molecule has 1 rings (SSSR count). The quantitative estimate of drug-likeness (QED) is 0.439. The lowest BCUT2D eigenvalue weighted by Crippen LogP contribution is -2.26. The average Bonchev–Trinajstić information content (AvgIpc) is 2.57. The number of carboxylic acids is 1. The Bertz CT molecular complexity index is 474. The first kappa shape index (κ1) is 20.1. The Morgan fingerprint density at radius 1 is 1.08 bits per heavy atom. The van der Waals surface area contributed by atoms with Crippen LogP contribution < -0.4 is 0 Å². The first-order valence-corrected chi connectivity index (χ1v) is 8.13. The zero-order chi connectivity index (χ0) is 17.6. The summed E-state index contributed by atoms with van der Waals surface area (Å²) in [5.74, 6) is -1.17. The Hall–Kier alpha value is -1.92. The molecule has 6 heteroatoms. The fourth-order valence-corrected chi connectivity index (χ4v) is 2.14. The highest BCUT2D eigenvalue weighted by Gasteiger charge is 2.14. The predicted molar refractivity (Wildman–Crippen MR) is 88.8 cm³/mol. The lowest BCUT2D eigenvalue weighted by Gasteiger charge is -2.18. The molecule has 0 heterocycles. The number of aliphatic carboxylic acids is 1. The number of hydrogen-bond acceptors (Lipinski definition) is 5. The molecule has 0 aliphatic heterocycles. The average molecular weight is 338 g/mol. The van der Waals surface area contributed by atoms with Crippen LogP contribution in [0.15, 0.2) is 30.3 Å². The molecule has 0 aliphatic rings. The van der Waals surface area contributed by atoms with Crippen molar-refractivity contribution in [3.05, 3.63) is 35.9 Å². The van der Waals surface area contributed by atoms with Crippen molar-refractivity contribution in [2.24, 2.45) is 0 Å². The monoisotopic (exact) mass is 338 g/mol. The van der Waals surface area contributed by atoms with Crippen LogP contribution in [0.1, 0.15) is 31.2 Å². The van der Waals surface area contributed by atoms with E-state index in [-0.39, 0.29) is 31.5 Å². The highest BCUT2D eigenvalue weighted by molar-refractivity contribution is 5.69. The fraction of sp³-hybridized carbons (Fsp3) is 0.556. The minimum Gasteiger partial charge on any atom is -0.481 e. The van der Waals surface area contributed by atoms with Crippen molar-refractivity contribution < 1.29 is 28.9 Å². The van der Waals surface area contributed by atoms with Crippen molar-refractivity contribution in [2.45, 2.75) is 38.2 Å². The van der Waals surface area contributed by atoms with Gasteiger partial charge < -0.3 is 19.3 Å². The van der Waals surface area contributed by atoms with Gasteiger partial charge in [0.2, 0.25) is 0 Å². The number of carboxylic acid groups (broad SMARTS) is 1. The van der Waals surface area contributed by atoms with Crippen molar-refractivity contribution in [2.75, 3.05) is 26.9 Å². The number of ether oxygens (including phenoxy) is 3. The van der Waals surface area contributed by atoms with Crippen molar-refractivity contribution in [1.29, 1.82) is 0 Å². The molecule has 0 spiro atoms. The first-order chi connectivity index (χ1) is 11.6. The number of carbonyl (C=O) groups is 2. The molecule has 0 saturated heterocycles. The molecule has 1 atom stereocenters. The molecule has 1 aromatic carbocycles. The van der Waals surface area contributed by atoms with Crippen LogP contribution in [-0.2, 0) is 30.2 Å². The molecule has 1 unspecified atom stereocenters. The number of unbranched alkanes of at least 4 members (excludes halogenated alkanes) is 1. The van der Waals surface area contributed by atoms with Gasteiger partial charge in [-0.05, 0) is 18.4 Å². The number of benzene rings is 1. The van der Waals surface area contributed by atoms with E-state index in [4.69, 9.17) is 19.3 Å². The van der Waals surface area contributed by atoms with E-state index in [1.54, 1.807) is 7.11 Å². The number of carbonyl (C=O) groups excluding carboxylic acids is 1. The molecular formula is C18H26O6. The number of methoxy groups -OCH3 is 1. The fourth-order valence-electron chi connectivity index (χ4n) is 2.14. The van der Waals surface area contributed by atoms with Gasteiger partial charge in [-0.3, -0.25) is 9.59 Å². The first-order valence-electron chi connectivity index (χ1n) is 8.13. The van der Waals surface area contributed by atoms with Crippen LogP contribution in [0.5, 0.6) is 0 Å². The second-order valence-corrected chi connectivity index (χ2v) is 5.46. The maximum atomic E-state index is 11.7. The molecule has 0 radical (unpaired) electrons. The van der Waals surface area contributed by atoms with Crippen molar-refractivity contribution in [1.82, 2.24) is 0 Å². The lowest BCUT2D eigenvalue weighted by atomic mass is 10.1. The zero-order valence-corrected chi connectivity index (χ0v) is 14.1. The third-order valence-corrected chi connectivity index (χ3v) is 3.40. The summed E-state index contributed by atoms with van der Waals surface area (Å²) >= 11 is 0. The number of rotatable bonds is 13. The molecule has 0 aliphatic carbocycles. The molecule has 0 amide bonds. The van der Waals surface area contributed by atoms with Gasteiger partial charge in [0, 0.05) is 26.4 Å². The van der Waals surface area contributed by atoms with Crippen molar-refractivity contribution >= 4 is 11.9 Å². The molecule has 0 aromatic heterocycles. The summed E-state index contributed by atoms with van der Waals surface area (Å²) in [5.41, 5.74) is 1.11. The van der Waals surface area contributed by atoms with Crippen molar-refractivity contribution in [3.8, 4) is 0 Å². The van der Waals surface area contributed by atoms with E-state index in [2.05, 4.69) is 0 Å². The molecule has 1 aromatic rings. The summed E-state index contributed by atoms with van der Waals surface area (Å²) in [6, 6.07) is 9.86. The maximum absolute atomic E-state index is 11.7. The van der Waals surface area contributed by atoms with Gasteiger partial charge in [-0.1, -0.05) is 30.3 Å². The van der Waals surface area contributed by atoms with Gasteiger partial charge in [0.05, 0.1) is 19.3 Å². The molecule has 0 fully saturated rings. The van der Waals surface area contributed by atoms with E-state index in [0.717, 1.165) is 5.56 Å². The van der Waals surface area contributed by atoms with Gasteiger partial charge in [-0.15, -0.1) is 0 Å². The smallest absolute Gasteiger partial charge is 0.305 e. The van der Waals surface area contributed by atoms with E-state index in [0.29, 0.717) is 32.5 Å². The van der Waals surface area contributed by atoms with Gasteiger partial charge in [0.25, 0.3) is 0 Å². The van der Waals surface area contributed by atoms with Crippen LogP contribution >= 0.6 is 0 Å². The Labute approximate surface area is 142 Å². The third-order valence-electron chi connectivity index (χ3n) is 3.40. The second-order valence-electron chi connectivity index (χ2n) is 5.46. The van der Waals surface area contributed by atoms with Gasteiger partial charge in [0.1, 0.15) is 6.61 Å². The topological polar surface area (TPSA) is 82.1 Å². The van der Waals surface area contributed by atoms with Crippen LogP contribution in [0, 0.1) is 0 Å². The maximum Gasteiger partial charge on any atom is 0.305 e. The SMILES string of the molecule is COCCOC(COC(=O)CCCCC(=O)O)Cc1ccccc1. The van der Waals surface area contributed by atoms with E-state index in [1.807, 2.05) is 30.3 Å². The Morgan fingerprint density at radius 3 is 2.46 bits per heavy atom. The largest absolute Gasteiger partial charge is 0.481 e. The summed E-state index contributed by atoms with van der Waals surface area (Å²) in [6.07, 6.45) is 1.71. The van der Waals surface area contributed by atoms with E-state index >= 15 is 0 Å². The summed E-state index contributed by atoms with van der Waals surface area (Å²) in [7, 11) is 1.60. The molecule has 6 nitrogen and oxygen atoms in total. The molecule has 24 heavy (non-hydrogen) atoms. The molecule has 134 valence electrons. The zero-order valence-electron chi connectivity index (χ0n) is 14.1. The van der Waals surface area contributed by atoms with Gasteiger partial charge in [0.15, 0.2) is 0 Å². The molecule has 0 saturated carbocycles. The molecule has 1 N–H and O–H groups in total. The Balaban J connectivity index is 2.34.